The number of hydrogen-bond donors (Lipinski definition) is 0. The second-order valence-corrected chi connectivity index (χ2v) is 7.84. The van der Waals surface area contributed by atoms with Crippen molar-refractivity contribution in [3.63, 3.8) is 0 Å². The van der Waals surface area contributed by atoms with Crippen LogP contribution in [0.1, 0.15) is 38.7 Å². The zero-order chi connectivity index (χ0) is 15.3. The minimum Gasteiger partial charge on any atom is -0.311 e. The molecule has 1 unspecified atom stereocenters. The summed E-state index contributed by atoms with van der Waals surface area (Å²) in [6.45, 7) is 8.41. The van der Waals surface area contributed by atoms with Crippen molar-refractivity contribution in [3.05, 3.63) is 29.8 Å². The summed E-state index contributed by atoms with van der Waals surface area (Å²) in [6.07, 6.45) is 3.76. The molecule has 1 saturated carbocycles. The molecule has 2 heterocycles. The number of carbonyl (C=O) groups excluding carboxylic acids is 1. The number of fused-ring (bicyclic) bond motifs is 2. The van der Waals surface area contributed by atoms with Crippen molar-refractivity contribution in [3.8, 4) is 0 Å². The molecule has 1 spiro atoms. The zero-order valence-corrected chi connectivity index (χ0v) is 13.7. The van der Waals surface area contributed by atoms with Crippen molar-refractivity contribution in [2.75, 3.05) is 31.1 Å². The van der Waals surface area contributed by atoms with E-state index in [9.17, 15) is 4.79 Å². The molecule has 1 saturated heterocycles. The van der Waals surface area contributed by atoms with Gasteiger partial charge in [-0.15, -0.1) is 0 Å². The minimum atomic E-state index is -0.264. The van der Waals surface area contributed by atoms with E-state index in [0.717, 1.165) is 37.7 Å². The SMILES string of the molecule is CC(C)CN1C(=O)C2(CCN(CC3CC3)C2)c2ccccc21. The Hall–Kier alpha value is -1.35. The Balaban J connectivity index is 1.66. The number of benzene rings is 1. The van der Waals surface area contributed by atoms with E-state index in [-0.39, 0.29) is 5.41 Å². The maximum absolute atomic E-state index is 13.3. The van der Waals surface area contributed by atoms with Gasteiger partial charge in [-0.2, -0.15) is 0 Å². The third-order valence-corrected chi connectivity index (χ3v) is 5.47. The molecule has 0 bridgehead atoms. The lowest BCUT2D eigenvalue weighted by Gasteiger charge is -2.25. The van der Waals surface area contributed by atoms with Crippen molar-refractivity contribution in [1.82, 2.24) is 4.90 Å². The van der Waals surface area contributed by atoms with E-state index in [4.69, 9.17) is 0 Å². The number of likely N-dealkylation sites (tertiary alicyclic amines) is 1. The predicted molar refractivity (Wildman–Crippen MR) is 89.1 cm³/mol. The van der Waals surface area contributed by atoms with Gasteiger partial charge in [-0.3, -0.25) is 4.79 Å². The van der Waals surface area contributed by atoms with Gasteiger partial charge in [0.2, 0.25) is 5.91 Å². The molecule has 1 amide bonds. The standard InChI is InChI=1S/C19H26N2O/c1-14(2)11-21-17-6-4-3-5-16(17)19(18(21)22)9-10-20(13-19)12-15-7-8-15/h3-6,14-15H,7-13H2,1-2H3. The Morgan fingerprint density at radius 2 is 2.05 bits per heavy atom. The second kappa shape index (κ2) is 5.09. The summed E-state index contributed by atoms with van der Waals surface area (Å²) in [4.78, 5) is 17.9. The van der Waals surface area contributed by atoms with Crippen LogP contribution in [0.15, 0.2) is 24.3 Å². The summed E-state index contributed by atoms with van der Waals surface area (Å²) in [5.74, 6) is 1.74. The molecule has 2 aliphatic heterocycles. The Labute approximate surface area is 133 Å². The molecule has 0 aromatic heterocycles. The van der Waals surface area contributed by atoms with E-state index >= 15 is 0 Å². The van der Waals surface area contributed by atoms with Crippen molar-refractivity contribution >= 4 is 11.6 Å². The molecule has 4 rings (SSSR count). The second-order valence-electron chi connectivity index (χ2n) is 7.84. The minimum absolute atomic E-state index is 0.264. The molecule has 3 heteroatoms. The largest absolute Gasteiger partial charge is 0.311 e. The van der Waals surface area contributed by atoms with Crippen molar-refractivity contribution in [1.29, 1.82) is 0 Å². The van der Waals surface area contributed by atoms with E-state index in [0.29, 0.717) is 11.8 Å². The van der Waals surface area contributed by atoms with Crippen LogP contribution in [-0.4, -0.2) is 37.0 Å². The Bertz CT molecular complexity index is 593. The summed E-state index contributed by atoms with van der Waals surface area (Å²) >= 11 is 0. The molecule has 1 atom stereocenters. The highest BCUT2D eigenvalue weighted by atomic mass is 16.2. The van der Waals surface area contributed by atoms with Crippen LogP contribution in [0.5, 0.6) is 0 Å². The molecule has 1 aromatic carbocycles. The van der Waals surface area contributed by atoms with Crippen molar-refractivity contribution in [2.24, 2.45) is 11.8 Å². The molecule has 22 heavy (non-hydrogen) atoms. The third kappa shape index (κ3) is 2.18. The van der Waals surface area contributed by atoms with Gasteiger partial charge < -0.3 is 9.80 Å². The maximum Gasteiger partial charge on any atom is 0.239 e. The molecule has 3 aliphatic rings. The summed E-state index contributed by atoms with van der Waals surface area (Å²) in [6, 6.07) is 8.48. The van der Waals surface area contributed by atoms with Gasteiger partial charge >= 0.3 is 0 Å². The van der Waals surface area contributed by atoms with Gasteiger partial charge in [0.1, 0.15) is 0 Å². The van der Waals surface area contributed by atoms with Crippen LogP contribution in [0.4, 0.5) is 5.69 Å². The van der Waals surface area contributed by atoms with Crippen LogP contribution in [0.25, 0.3) is 0 Å². The molecule has 2 fully saturated rings. The van der Waals surface area contributed by atoms with Gasteiger partial charge in [0.25, 0.3) is 0 Å². The van der Waals surface area contributed by atoms with Gasteiger partial charge in [-0.1, -0.05) is 32.0 Å². The normalized spacial score (nSPS) is 28.1. The smallest absolute Gasteiger partial charge is 0.239 e. The highest BCUT2D eigenvalue weighted by molar-refractivity contribution is 6.08. The quantitative estimate of drug-likeness (QED) is 0.853. The van der Waals surface area contributed by atoms with Crippen LogP contribution in [0, 0.1) is 11.8 Å². The van der Waals surface area contributed by atoms with E-state index in [2.05, 4.69) is 47.9 Å². The van der Waals surface area contributed by atoms with Crippen LogP contribution in [0.2, 0.25) is 0 Å². The average molecular weight is 298 g/mol. The first-order chi connectivity index (χ1) is 10.6. The average Bonchev–Trinajstić information content (AvgIpc) is 3.16. The van der Waals surface area contributed by atoms with E-state index < -0.39 is 0 Å². The lowest BCUT2D eigenvalue weighted by atomic mass is 9.81. The van der Waals surface area contributed by atoms with Crippen molar-refractivity contribution in [2.45, 2.75) is 38.5 Å². The monoisotopic (exact) mass is 298 g/mol. The van der Waals surface area contributed by atoms with Gasteiger partial charge in [0, 0.05) is 25.3 Å². The first kappa shape index (κ1) is 14.3. The van der Waals surface area contributed by atoms with Gasteiger partial charge in [-0.05, 0) is 49.3 Å². The number of amides is 1. The molecule has 118 valence electrons. The Morgan fingerprint density at radius 1 is 1.27 bits per heavy atom. The fraction of sp³-hybridized carbons (Fsp3) is 0.632. The lowest BCUT2D eigenvalue weighted by molar-refractivity contribution is -0.122. The molecular formula is C19H26N2O. The maximum atomic E-state index is 13.3. The molecule has 0 radical (unpaired) electrons. The molecule has 0 N–H and O–H groups in total. The van der Waals surface area contributed by atoms with Gasteiger partial charge in [0.05, 0.1) is 5.41 Å². The number of hydrogen-bond acceptors (Lipinski definition) is 2. The fourth-order valence-corrected chi connectivity index (χ4v) is 4.25. The Kier molecular flexibility index (Phi) is 3.30. The third-order valence-electron chi connectivity index (χ3n) is 5.47. The summed E-state index contributed by atoms with van der Waals surface area (Å²) in [5, 5.41) is 0. The first-order valence-electron chi connectivity index (χ1n) is 8.74. The van der Waals surface area contributed by atoms with Crippen LogP contribution < -0.4 is 4.90 Å². The number of nitrogens with zero attached hydrogens (tertiary/aromatic N) is 2. The zero-order valence-electron chi connectivity index (χ0n) is 13.7. The van der Waals surface area contributed by atoms with E-state index in [1.165, 1.54) is 24.9 Å². The topological polar surface area (TPSA) is 23.6 Å². The molecule has 3 nitrogen and oxygen atoms in total. The highest BCUT2D eigenvalue weighted by Crippen LogP contribution is 2.48. The summed E-state index contributed by atoms with van der Waals surface area (Å²) in [7, 11) is 0. The number of carbonyl (C=O) groups is 1. The van der Waals surface area contributed by atoms with E-state index in [1.807, 2.05) is 0 Å². The van der Waals surface area contributed by atoms with Gasteiger partial charge in [-0.25, -0.2) is 0 Å². The highest BCUT2D eigenvalue weighted by Gasteiger charge is 2.54. The predicted octanol–water partition coefficient (Wildman–Crippen LogP) is 3.04. The molecular weight excluding hydrogens is 272 g/mol. The van der Waals surface area contributed by atoms with Crippen LogP contribution in [0.3, 0.4) is 0 Å². The first-order valence-corrected chi connectivity index (χ1v) is 8.74. The number of rotatable bonds is 4. The van der Waals surface area contributed by atoms with E-state index in [1.54, 1.807) is 0 Å². The Morgan fingerprint density at radius 3 is 2.77 bits per heavy atom. The molecule has 1 aliphatic carbocycles. The van der Waals surface area contributed by atoms with Crippen LogP contribution >= 0.6 is 0 Å². The summed E-state index contributed by atoms with van der Waals surface area (Å²) < 4.78 is 0. The van der Waals surface area contributed by atoms with Gasteiger partial charge in [0.15, 0.2) is 0 Å². The summed E-state index contributed by atoms with van der Waals surface area (Å²) in [5.41, 5.74) is 2.17. The molecule has 1 aromatic rings. The van der Waals surface area contributed by atoms with Crippen LogP contribution in [-0.2, 0) is 10.2 Å². The lowest BCUT2D eigenvalue weighted by Crippen LogP contribution is -2.43. The van der Waals surface area contributed by atoms with Crippen molar-refractivity contribution < 1.29 is 4.79 Å². The number of anilines is 1. The fourth-order valence-electron chi connectivity index (χ4n) is 4.25. The number of para-hydroxylation sites is 1.